The Kier molecular flexibility index (Phi) is 3.85. The average molecular weight is 367 g/mol. The maximum absolute atomic E-state index is 12.7. The third-order valence-electron chi connectivity index (χ3n) is 4.11. The number of halogens is 1. The smallest absolute Gasteiger partial charge is 0.270 e. The van der Waals surface area contributed by atoms with Crippen LogP contribution in [-0.2, 0) is 6.54 Å². The Bertz CT molecular complexity index is 1240. The first-order valence-corrected chi connectivity index (χ1v) is 8.08. The maximum atomic E-state index is 12.7. The molecule has 0 saturated heterocycles. The summed E-state index contributed by atoms with van der Waals surface area (Å²) in [5.74, 6) is 0. The van der Waals surface area contributed by atoms with Crippen LogP contribution in [0.15, 0.2) is 59.7 Å². The predicted molar refractivity (Wildman–Crippen MR) is 98.5 cm³/mol. The van der Waals surface area contributed by atoms with Crippen molar-refractivity contribution < 1.29 is 4.92 Å². The average Bonchev–Trinajstić information content (AvgIpc) is 2.64. The van der Waals surface area contributed by atoms with Crippen LogP contribution in [0, 0.1) is 10.1 Å². The van der Waals surface area contributed by atoms with E-state index in [9.17, 15) is 14.9 Å². The maximum Gasteiger partial charge on any atom is 0.270 e. The van der Waals surface area contributed by atoms with Crippen molar-refractivity contribution >= 4 is 39.1 Å². The molecule has 4 aromatic rings. The molecular formula is C18H11ClN4O3. The quantitative estimate of drug-likeness (QED) is 0.314. The van der Waals surface area contributed by atoms with Crippen molar-refractivity contribution in [2.75, 3.05) is 0 Å². The summed E-state index contributed by atoms with van der Waals surface area (Å²) in [5.41, 5.74) is 1.31. The van der Waals surface area contributed by atoms with E-state index in [-0.39, 0.29) is 23.2 Å². The van der Waals surface area contributed by atoms with E-state index >= 15 is 0 Å². The fourth-order valence-corrected chi connectivity index (χ4v) is 3.01. The summed E-state index contributed by atoms with van der Waals surface area (Å²) in [4.78, 5) is 31.7. The van der Waals surface area contributed by atoms with Gasteiger partial charge in [0.15, 0.2) is 0 Å². The van der Waals surface area contributed by atoms with Crippen molar-refractivity contribution in [1.82, 2.24) is 14.5 Å². The van der Waals surface area contributed by atoms with Gasteiger partial charge in [0.2, 0.25) is 0 Å². The lowest BCUT2D eigenvalue weighted by atomic mass is 10.1. The second kappa shape index (κ2) is 6.20. The molecule has 0 unspecified atom stereocenters. The van der Waals surface area contributed by atoms with Gasteiger partial charge in [-0.25, -0.2) is 9.97 Å². The van der Waals surface area contributed by atoms with Gasteiger partial charge in [0, 0.05) is 23.1 Å². The van der Waals surface area contributed by atoms with Crippen LogP contribution < -0.4 is 5.56 Å². The molecule has 128 valence electrons. The highest BCUT2D eigenvalue weighted by molar-refractivity contribution is 6.30. The molecular weight excluding hydrogens is 356 g/mol. The van der Waals surface area contributed by atoms with Gasteiger partial charge in [-0.15, -0.1) is 0 Å². The number of aromatic nitrogens is 3. The minimum atomic E-state index is -0.541. The molecule has 0 fully saturated rings. The minimum Gasteiger partial charge on any atom is -0.294 e. The third-order valence-corrected chi connectivity index (χ3v) is 4.44. The predicted octanol–water partition coefficient (Wildman–Crippen LogP) is 3.55. The lowest BCUT2D eigenvalue weighted by Crippen LogP contribution is -2.21. The van der Waals surface area contributed by atoms with Gasteiger partial charge in [0.25, 0.3) is 11.2 Å². The molecule has 2 aromatic carbocycles. The van der Waals surface area contributed by atoms with Gasteiger partial charge in [0.05, 0.1) is 34.2 Å². The van der Waals surface area contributed by atoms with Gasteiger partial charge in [0.1, 0.15) is 5.15 Å². The highest BCUT2D eigenvalue weighted by Crippen LogP contribution is 2.21. The Hall–Kier alpha value is -3.32. The Morgan fingerprint density at radius 3 is 2.73 bits per heavy atom. The van der Waals surface area contributed by atoms with Gasteiger partial charge in [-0.05, 0) is 18.2 Å². The monoisotopic (exact) mass is 366 g/mol. The number of non-ortho nitro benzene ring substituents is 1. The first kappa shape index (κ1) is 16.2. The number of nitro groups is 1. The zero-order chi connectivity index (χ0) is 18.3. The van der Waals surface area contributed by atoms with Crippen LogP contribution in [0.25, 0.3) is 21.8 Å². The van der Waals surface area contributed by atoms with Gasteiger partial charge in [-0.3, -0.25) is 19.5 Å². The first-order chi connectivity index (χ1) is 12.5. The van der Waals surface area contributed by atoms with E-state index in [1.54, 1.807) is 0 Å². The lowest BCUT2D eigenvalue weighted by molar-refractivity contribution is -0.384. The summed E-state index contributed by atoms with van der Waals surface area (Å²) in [7, 11) is 0. The van der Waals surface area contributed by atoms with E-state index in [4.69, 9.17) is 11.6 Å². The Morgan fingerprint density at radius 1 is 1.12 bits per heavy atom. The summed E-state index contributed by atoms with van der Waals surface area (Å²) in [6.45, 7) is 0.168. The second-order valence-electron chi connectivity index (χ2n) is 5.77. The topological polar surface area (TPSA) is 90.9 Å². The molecule has 7 nitrogen and oxygen atoms in total. The summed E-state index contributed by atoms with van der Waals surface area (Å²) in [6.07, 6.45) is 1.40. The molecule has 0 atom stereocenters. The normalized spacial score (nSPS) is 11.1. The van der Waals surface area contributed by atoms with Crippen LogP contribution >= 0.6 is 11.6 Å². The van der Waals surface area contributed by atoms with Crippen LogP contribution in [0.3, 0.4) is 0 Å². The first-order valence-electron chi connectivity index (χ1n) is 7.71. The van der Waals surface area contributed by atoms with Crippen LogP contribution in [-0.4, -0.2) is 19.5 Å². The number of para-hydroxylation sites is 1. The number of pyridine rings is 1. The number of hydrogen-bond acceptors (Lipinski definition) is 5. The molecule has 0 aliphatic carbocycles. The number of benzene rings is 2. The molecule has 0 aliphatic rings. The van der Waals surface area contributed by atoms with Crippen LogP contribution in [0.1, 0.15) is 5.56 Å². The number of rotatable bonds is 3. The van der Waals surface area contributed by atoms with Crippen molar-refractivity contribution in [1.29, 1.82) is 0 Å². The van der Waals surface area contributed by atoms with E-state index in [2.05, 4.69) is 9.97 Å². The molecule has 2 heterocycles. The van der Waals surface area contributed by atoms with Crippen molar-refractivity contribution in [3.63, 3.8) is 0 Å². The molecule has 0 spiro atoms. The van der Waals surface area contributed by atoms with E-state index in [0.717, 1.165) is 10.9 Å². The molecule has 4 rings (SSSR count). The van der Waals surface area contributed by atoms with Crippen molar-refractivity contribution in [2.45, 2.75) is 6.54 Å². The molecule has 8 heteroatoms. The summed E-state index contributed by atoms with van der Waals surface area (Å²) >= 11 is 6.25. The summed E-state index contributed by atoms with van der Waals surface area (Å²) < 4.78 is 1.36. The van der Waals surface area contributed by atoms with Gasteiger partial charge < -0.3 is 0 Å². The van der Waals surface area contributed by atoms with Gasteiger partial charge in [-0.2, -0.15) is 0 Å². The minimum absolute atomic E-state index is 0.153. The molecule has 0 bridgehead atoms. The molecule has 0 N–H and O–H groups in total. The second-order valence-corrected chi connectivity index (χ2v) is 6.13. The van der Waals surface area contributed by atoms with Crippen molar-refractivity contribution in [3.8, 4) is 0 Å². The van der Waals surface area contributed by atoms with Crippen molar-refractivity contribution in [3.05, 3.63) is 86.0 Å². The summed E-state index contributed by atoms with van der Waals surface area (Å²) in [6, 6.07) is 13.4. The molecule has 0 saturated carbocycles. The standard InChI is InChI=1S/C18H11ClN4O3/c19-17-12(7-11-3-1-2-4-15(11)21-17)9-22-10-20-16-6-5-13(23(25)26)8-14(16)18(22)24/h1-8,10H,9H2. The molecule has 0 amide bonds. The fourth-order valence-electron chi connectivity index (χ4n) is 2.80. The lowest BCUT2D eigenvalue weighted by Gasteiger charge is -2.09. The van der Waals surface area contributed by atoms with E-state index in [0.29, 0.717) is 16.2 Å². The highest BCUT2D eigenvalue weighted by Gasteiger charge is 2.12. The third kappa shape index (κ3) is 2.78. The number of fused-ring (bicyclic) bond motifs is 2. The molecule has 0 aliphatic heterocycles. The SMILES string of the molecule is O=c1c2cc([N+](=O)[O-])ccc2ncn1Cc1cc2ccccc2nc1Cl. The Balaban J connectivity index is 1.82. The number of nitrogens with zero attached hydrogens (tertiary/aromatic N) is 4. The van der Waals surface area contributed by atoms with Crippen LogP contribution in [0.4, 0.5) is 5.69 Å². The van der Waals surface area contributed by atoms with Crippen molar-refractivity contribution in [2.24, 2.45) is 0 Å². The number of nitro benzene ring substituents is 1. The fraction of sp³-hybridized carbons (Fsp3) is 0.0556. The van der Waals surface area contributed by atoms with Crippen LogP contribution in [0.2, 0.25) is 5.15 Å². The van der Waals surface area contributed by atoms with E-state index in [1.165, 1.54) is 29.1 Å². The largest absolute Gasteiger partial charge is 0.294 e. The van der Waals surface area contributed by atoms with Gasteiger partial charge >= 0.3 is 0 Å². The summed E-state index contributed by atoms with van der Waals surface area (Å²) in [5, 5.41) is 12.3. The van der Waals surface area contributed by atoms with E-state index < -0.39 is 4.92 Å². The highest BCUT2D eigenvalue weighted by atomic mass is 35.5. The zero-order valence-corrected chi connectivity index (χ0v) is 14.1. The van der Waals surface area contributed by atoms with E-state index in [1.807, 2.05) is 30.3 Å². The Labute approximate surface area is 151 Å². The van der Waals surface area contributed by atoms with Gasteiger partial charge in [-0.1, -0.05) is 29.8 Å². The Morgan fingerprint density at radius 2 is 1.92 bits per heavy atom. The number of hydrogen-bond donors (Lipinski definition) is 0. The molecule has 26 heavy (non-hydrogen) atoms. The zero-order valence-electron chi connectivity index (χ0n) is 13.3. The molecule has 0 radical (unpaired) electrons. The molecule has 2 aromatic heterocycles. The van der Waals surface area contributed by atoms with Crippen LogP contribution in [0.5, 0.6) is 0 Å².